The Kier molecular flexibility index (Phi) is 6.41. The third-order valence-corrected chi connectivity index (χ3v) is 4.83. The highest BCUT2D eigenvalue weighted by atomic mass is 19.4. The number of esters is 1. The standard InChI is InChI=1S/C21H21F3N2O3/c22-21(23,24)18-9-5-4-6-16(18)14-29-19(27)15-10-12-26(13-11-15)20(28)25-17-7-2-1-3-8-17/h1-9,15H,10-14H2,(H,25,28). The molecule has 2 aromatic carbocycles. The summed E-state index contributed by atoms with van der Waals surface area (Å²) >= 11 is 0. The number of ether oxygens (including phenoxy) is 1. The maximum absolute atomic E-state index is 13.0. The van der Waals surface area contributed by atoms with Crippen molar-refractivity contribution in [1.29, 1.82) is 0 Å². The number of nitrogens with one attached hydrogen (secondary N) is 1. The smallest absolute Gasteiger partial charge is 0.416 e. The number of amides is 2. The van der Waals surface area contributed by atoms with Gasteiger partial charge < -0.3 is 15.0 Å². The molecule has 2 aromatic rings. The van der Waals surface area contributed by atoms with E-state index in [-0.39, 0.29) is 11.6 Å². The molecule has 1 heterocycles. The van der Waals surface area contributed by atoms with Crippen molar-refractivity contribution in [2.75, 3.05) is 18.4 Å². The van der Waals surface area contributed by atoms with E-state index < -0.39 is 30.2 Å². The van der Waals surface area contributed by atoms with Crippen LogP contribution in [0.15, 0.2) is 54.6 Å². The van der Waals surface area contributed by atoms with E-state index in [2.05, 4.69) is 5.32 Å². The number of para-hydroxylation sites is 1. The van der Waals surface area contributed by atoms with Crippen molar-refractivity contribution in [3.05, 3.63) is 65.7 Å². The van der Waals surface area contributed by atoms with Crippen LogP contribution in [0.5, 0.6) is 0 Å². The fourth-order valence-corrected chi connectivity index (χ4v) is 3.23. The van der Waals surface area contributed by atoms with Gasteiger partial charge in [-0.1, -0.05) is 36.4 Å². The summed E-state index contributed by atoms with van der Waals surface area (Å²) in [6.45, 7) is 0.318. The second-order valence-corrected chi connectivity index (χ2v) is 6.82. The molecular weight excluding hydrogens is 385 g/mol. The number of hydrogen-bond acceptors (Lipinski definition) is 3. The fraction of sp³-hybridized carbons (Fsp3) is 0.333. The molecule has 0 aromatic heterocycles. The average molecular weight is 406 g/mol. The molecular formula is C21H21F3N2O3. The van der Waals surface area contributed by atoms with Crippen molar-refractivity contribution < 1.29 is 27.5 Å². The molecule has 154 valence electrons. The van der Waals surface area contributed by atoms with Gasteiger partial charge in [0.1, 0.15) is 6.61 Å². The molecule has 29 heavy (non-hydrogen) atoms. The topological polar surface area (TPSA) is 58.6 Å². The van der Waals surface area contributed by atoms with E-state index in [0.717, 1.165) is 6.07 Å². The molecule has 3 rings (SSSR count). The lowest BCUT2D eigenvalue weighted by Crippen LogP contribution is -2.42. The molecule has 1 aliphatic rings. The summed E-state index contributed by atoms with van der Waals surface area (Å²) in [6.07, 6.45) is -3.69. The van der Waals surface area contributed by atoms with Gasteiger partial charge in [-0.3, -0.25) is 4.79 Å². The SMILES string of the molecule is O=C(OCc1ccccc1C(F)(F)F)C1CCN(C(=O)Nc2ccccc2)CC1. The molecule has 5 nitrogen and oxygen atoms in total. The lowest BCUT2D eigenvalue weighted by Gasteiger charge is -2.31. The second-order valence-electron chi connectivity index (χ2n) is 6.82. The fourth-order valence-electron chi connectivity index (χ4n) is 3.23. The van der Waals surface area contributed by atoms with Crippen LogP contribution in [0, 0.1) is 5.92 Å². The Bertz CT molecular complexity index is 848. The molecule has 2 amide bonds. The molecule has 0 bridgehead atoms. The molecule has 0 unspecified atom stereocenters. The summed E-state index contributed by atoms with van der Waals surface area (Å²) < 4.78 is 44.2. The number of nitrogens with zero attached hydrogens (tertiary/aromatic N) is 1. The van der Waals surface area contributed by atoms with Crippen molar-refractivity contribution in [2.45, 2.75) is 25.6 Å². The van der Waals surface area contributed by atoms with Gasteiger partial charge in [-0.25, -0.2) is 4.79 Å². The third kappa shape index (κ3) is 5.49. The number of alkyl halides is 3. The molecule has 1 aliphatic heterocycles. The first-order valence-electron chi connectivity index (χ1n) is 9.27. The van der Waals surface area contributed by atoms with Crippen LogP contribution in [0.3, 0.4) is 0 Å². The van der Waals surface area contributed by atoms with E-state index in [1.807, 2.05) is 18.2 Å². The Hall–Kier alpha value is -3.03. The van der Waals surface area contributed by atoms with Crippen LogP contribution in [0.1, 0.15) is 24.0 Å². The van der Waals surface area contributed by atoms with E-state index in [1.54, 1.807) is 17.0 Å². The number of likely N-dealkylation sites (tertiary alicyclic amines) is 1. The van der Waals surface area contributed by atoms with Gasteiger partial charge in [0, 0.05) is 24.3 Å². The van der Waals surface area contributed by atoms with Crippen molar-refractivity contribution in [3.8, 4) is 0 Å². The lowest BCUT2D eigenvalue weighted by atomic mass is 9.97. The highest BCUT2D eigenvalue weighted by Gasteiger charge is 2.34. The summed E-state index contributed by atoms with van der Waals surface area (Å²) in [5, 5.41) is 2.79. The van der Waals surface area contributed by atoms with Crippen LogP contribution in [0.4, 0.5) is 23.7 Å². The van der Waals surface area contributed by atoms with Gasteiger partial charge in [0.15, 0.2) is 0 Å². The van der Waals surface area contributed by atoms with Gasteiger partial charge in [-0.15, -0.1) is 0 Å². The molecule has 1 N–H and O–H groups in total. The van der Waals surface area contributed by atoms with Crippen LogP contribution in [0.2, 0.25) is 0 Å². The van der Waals surface area contributed by atoms with Gasteiger partial charge in [-0.2, -0.15) is 13.2 Å². The third-order valence-electron chi connectivity index (χ3n) is 4.83. The van der Waals surface area contributed by atoms with Crippen LogP contribution in [0.25, 0.3) is 0 Å². The number of piperidine rings is 1. The first-order valence-corrected chi connectivity index (χ1v) is 9.27. The van der Waals surface area contributed by atoms with E-state index in [0.29, 0.717) is 31.6 Å². The maximum Gasteiger partial charge on any atom is 0.416 e. The van der Waals surface area contributed by atoms with Gasteiger partial charge >= 0.3 is 18.2 Å². The molecule has 1 saturated heterocycles. The largest absolute Gasteiger partial charge is 0.461 e. The summed E-state index contributed by atoms with van der Waals surface area (Å²) in [4.78, 5) is 26.2. The van der Waals surface area contributed by atoms with Gasteiger partial charge in [0.05, 0.1) is 11.5 Å². The first-order chi connectivity index (χ1) is 13.8. The summed E-state index contributed by atoms with van der Waals surface area (Å²) in [5.41, 5.74) is -0.199. The number of urea groups is 1. The number of anilines is 1. The number of hydrogen-bond donors (Lipinski definition) is 1. The Morgan fingerprint density at radius 1 is 1.00 bits per heavy atom. The van der Waals surface area contributed by atoms with E-state index in [1.165, 1.54) is 18.2 Å². The predicted octanol–water partition coefficient (Wildman–Crippen LogP) is 4.69. The number of halogens is 3. The zero-order valence-corrected chi connectivity index (χ0v) is 15.6. The normalized spacial score (nSPS) is 15.1. The zero-order valence-electron chi connectivity index (χ0n) is 15.6. The minimum absolute atomic E-state index is 0.0759. The molecule has 0 spiro atoms. The Morgan fingerprint density at radius 2 is 1.62 bits per heavy atom. The average Bonchev–Trinajstić information content (AvgIpc) is 2.72. The maximum atomic E-state index is 13.0. The molecule has 0 aliphatic carbocycles. The Morgan fingerprint density at radius 3 is 2.28 bits per heavy atom. The highest BCUT2D eigenvalue weighted by Crippen LogP contribution is 2.32. The monoisotopic (exact) mass is 406 g/mol. The number of carbonyl (C=O) groups excluding carboxylic acids is 2. The lowest BCUT2D eigenvalue weighted by molar-refractivity contribution is -0.153. The van der Waals surface area contributed by atoms with Crippen LogP contribution >= 0.6 is 0 Å². The molecule has 0 radical (unpaired) electrons. The first kappa shape index (κ1) is 20.7. The molecule has 0 saturated carbocycles. The zero-order chi connectivity index (χ0) is 20.9. The van der Waals surface area contributed by atoms with Gasteiger partial charge in [0.2, 0.25) is 0 Å². The van der Waals surface area contributed by atoms with E-state index in [4.69, 9.17) is 4.74 Å². The molecule has 8 heteroatoms. The Balaban J connectivity index is 1.49. The number of rotatable bonds is 4. The van der Waals surface area contributed by atoms with Crippen molar-refractivity contribution in [1.82, 2.24) is 4.90 Å². The van der Waals surface area contributed by atoms with Crippen molar-refractivity contribution >= 4 is 17.7 Å². The minimum atomic E-state index is -4.50. The minimum Gasteiger partial charge on any atom is -0.461 e. The van der Waals surface area contributed by atoms with Crippen LogP contribution < -0.4 is 5.32 Å². The van der Waals surface area contributed by atoms with Gasteiger partial charge in [-0.05, 0) is 31.0 Å². The summed E-state index contributed by atoms with van der Waals surface area (Å²) in [6, 6.07) is 13.8. The van der Waals surface area contributed by atoms with E-state index >= 15 is 0 Å². The summed E-state index contributed by atoms with van der Waals surface area (Å²) in [5.74, 6) is -0.973. The molecule has 0 atom stereocenters. The van der Waals surface area contributed by atoms with Crippen molar-refractivity contribution in [2.24, 2.45) is 5.92 Å². The predicted molar refractivity (Wildman–Crippen MR) is 101 cm³/mol. The molecule has 1 fully saturated rings. The second kappa shape index (κ2) is 8.98. The van der Waals surface area contributed by atoms with Crippen LogP contribution in [-0.2, 0) is 22.3 Å². The Labute approximate surface area is 166 Å². The number of benzene rings is 2. The van der Waals surface area contributed by atoms with E-state index in [9.17, 15) is 22.8 Å². The van der Waals surface area contributed by atoms with Crippen LogP contribution in [-0.4, -0.2) is 30.0 Å². The van der Waals surface area contributed by atoms with Crippen molar-refractivity contribution in [3.63, 3.8) is 0 Å². The highest BCUT2D eigenvalue weighted by molar-refractivity contribution is 5.89. The van der Waals surface area contributed by atoms with Gasteiger partial charge in [0.25, 0.3) is 0 Å². The summed E-state index contributed by atoms with van der Waals surface area (Å²) in [7, 11) is 0. The number of carbonyl (C=O) groups is 2. The quantitative estimate of drug-likeness (QED) is 0.750.